The quantitative estimate of drug-likeness (QED) is 0.836. The van der Waals surface area contributed by atoms with Crippen molar-refractivity contribution in [3.05, 3.63) is 11.7 Å². The molecule has 2 saturated heterocycles. The Morgan fingerprint density at radius 1 is 1.26 bits per heavy atom. The van der Waals surface area contributed by atoms with Gasteiger partial charge in [0.25, 0.3) is 0 Å². The Labute approximate surface area is 114 Å². The lowest BCUT2D eigenvalue weighted by molar-refractivity contribution is 0.0221. The van der Waals surface area contributed by atoms with Gasteiger partial charge in [0.15, 0.2) is 5.82 Å². The molecule has 2 aliphatic rings. The molecule has 3 heterocycles. The van der Waals surface area contributed by atoms with Crippen molar-refractivity contribution in [2.75, 3.05) is 26.3 Å². The van der Waals surface area contributed by atoms with Crippen LogP contribution in [0.2, 0.25) is 0 Å². The summed E-state index contributed by atoms with van der Waals surface area (Å²) < 4.78 is 10.9. The van der Waals surface area contributed by atoms with Crippen molar-refractivity contribution in [3.8, 4) is 0 Å². The van der Waals surface area contributed by atoms with Gasteiger partial charge in [-0.25, -0.2) is 0 Å². The number of ether oxygens (including phenoxy) is 1. The summed E-state index contributed by atoms with van der Waals surface area (Å²) in [5.41, 5.74) is 0. The Morgan fingerprint density at radius 3 is 2.84 bits per heavy atom. The summed E-state index contributed by atoms with van der Waals surface area (Å²) in [6.07, 6.45) is 5.57. The third-order valence-corrected chi connectivity index (χ3v) is 4.31. The highest BCUT2D eigenvalue weighted by Crippen LogP contribution is 2.29. The molecule has 2 fully saturated rings. The standard InChI is InChI=1S/C14H23N3O2/c1-2-13-15-14(19-16-13)11-4-3-7-17(10-11)12-5-8-18-9-6-12/h11-12H,2-10H2,1H3/t11-/m1/s1. The molecule has 0 unspecified atom stereocenters. The Bertz CT molecular complexity index is 401. The summed E-state index contributed by atoms with van der Waals surface area (Å²) in [5, 5.41) is 4.02. The van der Waals surface area contributed by atoms with Crippen LogP contribution in [0.15, 0.2) is 4.52 Å². The normalized spacial score (nSPS) is 26.7. The predicted molar refractivity (Wildman–Crippen MR) is 71.1 cm³/mol. The van der Waals surface area contributed by atoms with Gasteiger partial charge in [-0.1, -0.05) is 12.1 Å². The first-order valence-electron chi connectivity index (χ1n) is 7.51. The SMILES string of the molecule is CCc1noc([C@@H]2CCCN(C3CCOCC3)C2)n1. The predicted octanol–water partition coefficient (Wildman–Crippen LogP) is 1.99. The van der Waals surface area contributed by atoms with Crippen LogP contribution in [0.25, 0.3) is 0 Å². The first-order chi connectivity index (χ1) is 9.36. The fourth-order valence-corrected chi connectivity index (χ4v) is 3.17. The van der Waals surface area contributed by atoms with E-state index in [9.17, 15) is 0 Å². The molecule has 19 heavy (non-hydrogen) atoms. The van der Waals surface area contributed by atoms with Crippen LogP contribution in [0.5, 0.6) is 0 Å². The number of piperidine rings is 1. The average molecular weight is 265 g/mol. The van der Waals surface area contributed by atoms with E-state index in [-0.39, 0.29) is 0 Å². The monoisotopic (exact) mass is 265 g/mol. The topological polar surface area (TPSA) is 51.4 Å². The Hall–Kier alpha value is -0.940. The minimum absolute atomic E-state index is 0.421. The van der Waals surface area contributed by atoms with E-state index in [1.165, 1.54) is 19.4 Å². The molecule has 0 aromatic carbocycles. The molecule has 0 bridgehead atoms. The second-order valence-corrected chi connectivity index (χ2v) is 5.58. The summed E-state index contributed by atoms with van der Waals surface area (Å²) in [6.45, 7) is 6.15. The van der Waals surface area contributed by atoms with Crippen molar-refractivity contribution in [3.63, 3.8) is 0 Å². The van der Waals surface area contributed by atoms with Crippen LogP contribution in [0.3, 0.4) is 0 Å². The summed E-state index contributed by atoms with van der Waals surface area (Å²) in [5.74, 6) is 2.09. The van der Waals surface area contributed by atoms with Crippen LogP contribution < -0.4 is 0 Å². The zero-order valence-corrected chi connectivity index (χ0v) is 11.7. The molecule has 5 heteroatoms. The van der Waals surface area contributed by atoms with Gasteiger partial charge in [-0.3, -0.25) is 4.90 Å². The van der Waals surface area contributed by atoms with Crippen molar-refractivity contribution in [1.29, 1.82) is 0 Å². The van der Waals surface area contributed by atoms with Crippen LogP contribution >= 0.6 is 0 Å². The molecule has 106 valence electrons. The van der Waals surface area contributed by atoms with Crippen molar-refractivity contribution in [2.45, 2.75) is 51.0 Å². The molecule has 1 atom stereocenters. The maximum Gasteiger partial charge on any atom is 0.231 e. The number of nitrogens with zero attached hydrogens (tertiary/aromatic N) is 3. The molecule has 0 amide bonds. The number of hydrogen-bond acceptors (Lipinski definition) is 5. The van der Waals surface area contributed by atoms with E-state index in [0.717, 1.165) is 50.7 Å². The van der Waals surface area contributed by atoms with E-state index in [1.807, 2.05) is 0 Å². The molecular weight excluding hydrogens is 242 g/mol. The molecule has 5 nitrogen and oxygen atoms in total. The van der Waals surface area contributed by atoms with Gasteiger partial charge >= 0.3 is 0 Å². The van der Waals surface area contributed by atoms with Crippen LogP contribution in [0, 0.1) is 0 Å². The molecule has 0 spiro atoms. The first-order valence-corrected chi connectivity index (χ1v) is 7.51. The third-order valence-electron chi connectivity index (χ3n) is 4.31. The van der Waals surface area contributed by atoms with E-state index in [2.05, 4.69) is 22.0 Å². The lowest BCUT2D eigenvalue weighted by Gasteiger charge is -2.38. The average Bonchev–Trinajstić information content (AvgIpc) is 2.97. The van der Waals surface area contributed by atoms with E-state index < -0.39 is 0 Å². The summed E-state index contributed by atoms with van der Waals surface area (Å²) >= 11 is 0. The molecular formula is C14H23N3O2. The lowest BCUT2D eigenvalue weighted by Crippen LogP contribution is -2.44. The molecule has 0 saturated carbocycles. The fraction of sp³-hybridized carbons (Fsp3) is 0.857. The van der Waals surface area contributed by atoms with Gasteiger partial charge in [0.2, 0.25) is 5.89 Å². The zero-order valence-electron chi connectivity index (χ0n) is 11.7. The summed E-state index contributed by atoms with van der Waals surface area (Å²) in [6, 6.07) is 0.685. The second kappa shape index (κ2) is 6.01. The van der Waals surface area contributed by atoms with Crippen molar-refractivity contribution in [1.82, 2.24) is 15.0 Å². The molecule has 0 N–H and O–H groups in total. The minimum Gasteiger partial charge on any atom is -0.381 e. The van der Waals surface area contributed by atoms with Gasteiger partial charge in [0.05, 0.1) is 5.92 Å². The lowest BCUT2D eigenvalue weighted by atomic mass is 9.95. The Balaban J connectivity index is 1.63. The number of hydrogen-bond donors (Lipinski definition) is 0. The third kappa shape index (κ3) is 2.98. The number of aromatic nitrogens is 2. The van der Waals surface area contributed by atoms with Gasteiger partial charge < -0.3 is 9.26 Å². The number of aryl methyl sites for hydroxylation is 1. The maximum atomic E-state index is 5.45. The highest BCUT2D eigenvalue weighted by atomic mass is 16.5. The van der Waals surface area contributed by atoms with Crippen molar-refractivity contribution < 1.29 is 9.26 Å². The largest absolute Gasteiger partial charge is 0.381 e. The zero-order chi connectivity index (χ0) is 13.1. The van der Waals surface area contributed by atoms with Crippen LogP contribution in [0.1, 0.15) is 50.2 Å². The van der Waals surface area contributed by atoms with Gasteiger partial charge in [0, 0.05) is 32.2 Å². The van der Waals surface area contributed by atoms with Crippen LogP contribution in [-0.4, -0.2) is 47.4 Å². The van der Waals surface area contributed by atoms with E-state index in [1.54, 1.807) is 0 Å². The van der Waals surface area contributed by atoms with Gasteiger partial charge in [0.1, 0.15) is 0 Å². The second-order valence-electron chi connectivity index (χ2n) is 5.58. The van der Waals surface area contributed by atoms with Crippen LogP contribution in [-0.2, 0) is 11.2 Å². The Morgan fingerprint density at radius 2 is 2.11 bits per heavy atom. The van der Waals surface area contributed by atoms with Crippen LogP contribution in [0.4, 0.5) is 0 Å². The molecule has 1 aromatic rings. The summed E-state index contributed by atoms with van der Waals surface area (Å²) in [7, 11) is 0. The Kier molecular flexibility index (Phi) is 4.13. The van der Waals surface area contributed by atoms with E-state index >= 15 is 0 Å². The number of rotatable bonds is 3. The molecule has 2 aliphatic heterocycles. The molecule has 3 rings (SSSR count). The smallest absolute Gasteiger partial charge is 0.231 e. The molecule has 1 aromatic heterocycles. The molecule has 0 radical (unpaired) electrons. The van der Waals surface area contributed by atoms with Gasteiger partial charge in [-0.2, -0.15) is 4.98 Å². The van der Waals surface area contributed by atoms with E-state index in [0.29, 0.717) is 12.0 Å². The molecule has 0 aliphatic carbocycles. The van der Waals surface area contributed by atoms with Gasteiger partial charge in [-0.05, 0) is 32.2 Å². The minimum atomic E-state index is 0.421. The van der Waals surface area contributed by atoms with Crippen molar-refractivity contribution >= 4 is 0 Å². The first kappa shape index (κ1) is 13.1. The highest BCUT2D eigenvalue weighted by Gasteiger charge is 2.30. The number of likely N-dealkylation sites (tertiary alicyclic amines) is 1. The van der Waals surface area contributed by atoms with E-state index in [4.69, 9.17) is 9.26 Å². The fourth-order valence-electron chi connectivity index (χ4n) is 3.17. The highest BCUT2D eigenvalue weighted by molar-refractivity contribution is 4.98. The van der Waals surface area contributed by atoms with Crippen molar-refractivity contribution in [2.24, 2.45) is 0 Å². The van der Waals surface area contributed by atoms with Gasteiger partial charge in [-0.15, -0.1) is 0 Å². The maximum absolute atomic E-state index is 5.45. The summed E-state index contributed by atoms with van der Waals surface area (Å²) in [4.78, 5) is 7.11.